The first-order valence-electron chi connectivity index (χ1n) is 7.69. The van der Waals surface area contributed by atoms with E-state index in [9.17, 15) is 4.79 Å². The zero-order valence-corrected chi connectivity index (χ0v) is 15.3. The number of hydrogen-bond donors (Lipinski definition) is 1. The van der Waals surface area contributed by atoms with Crippen LogP contribution in [0.2, 0.25) is 0 Å². The monoisotopic (exact) mass is 345 g/mol. The number of carbonyl (C=O) groups is 1. The number of hydrogen-bond acceptors (Lipinski definition) is 4. The maximum atomic E-state index is 12.5. The van der Waals surface area contributed by atoms with Crippen LogP contribution in [0.4, 0.5) is 0 Å². The second-order valence-corrected chi connectivity index (χ2v) is 6.30. The molecule has 2 aromatic carbocycles. The standard InChI is InChI=1S/C19H23NO3S/c1-13(17-11-16(22-2)8-9-18(17)23-3)20-19(21)15-7-5-6-14(10-15)12-24-4/h5-11,13H,12H2,1-4H3,(H,20,21)/t13-/m1/s1. The van der Waals surface area contributed by atoms with Gasteiger partial charge in [0.15, 0.2) is 0 Å². The molecule has 0 fully saturated rings. The summed E-state index contributed by atoms with van der Waals surface area (Å²) >= 11 is 1.73. The van der Waals surface area contributed by atoms with Crippen molar-refractivity contribution in [1.82, 2.24) is 5.32 Å². The van der Waals surface area contributed by atoms with Crippen LogP contribution in [0.15, 0.2) is 42.5 Å². The van der Waals surface area contributed by atoms with E-state index in [4.69, 9.17) is 9.47 Å². The molecular formula is C19H23NO3S. The SMILES string of the molecule is COc1ccc(OC)c([C@@H](C)NC(=O)c2cccc(CSC)c2)c1. The van der Waals surface area contributed by atoms with E-state index in [1.807, 2.05) is 55.6 Å². The fourth-order valence-corrected chi connectivity index (χ4v) is 3.02. The van der Waals surface area contributed by atoms with E-state index in [-0.39, 0.29) is 11.9 Å². The van der Waals surface area contributed by atoms with Crippen LogP contribution in [0.5, 0.6) is 11.5 Å². The number of thioether (sulfide) groups is 1. The molecule has 1 atom stereocenters. The predicted octanol–water partition coefficient (Wildman–Crippen LogP) is 4.06. The van der Waals surface area contributed by atoms with Crippen molar-refractivity contribution >= 4 is 17.7 Å². The molecule has 0 aliphatic carbocycles. The lowest BCUT2D eigenvalue weighted by Gasteiger charge is -2.18. The lowest BCUT2D eigenvalue weighted by molar-refractivity contribution is 0.0939. The molecule has 2 rings (SSSR count). The Hall–Kier alpha value is -2.14. The number of nitrogens with one attached hydrogen (secondary N) is 1. The van der Waals surface area contributed by atoms with Crippen molar-refractivity contribution in [3.05, 3.63) is 59.2 Å². The Kier molecular flexibility index (Phi) is 6.55. The van der Waals surface area contributed by atoms with Gasteiger partial charge in [0.05, 0.1) is 20.3 Å². The molecule has 1 N–H and O–H groups in total. The van der Waals surface area contributed by atoms with Crippen molar-refractivity contribution in [2.24, 2.45) is 0 Å². The predicted molar refractivity (Wildman–Crippen MR) is 99.1 cm³/mol. The van der Waals surface area contributed by atoms with Crippen molar-refractivity contribution < 1.29 is 14.3 Å². The van der Waals surface area contributed by atoms with E-state index in [1.165, 1.54) is 0 Å². The molecule has 1 amide bonds. The van der Waals surface area contributed by atoms with Gasteiger partial charge in [0.25, 0.3) is 5.91 Å². The molecule has 2 aromatic rings. The average Bonchev–Trinajstić information content (AvgIpc) is 2.61. The highest BCUT2D eigenvalue weighted by Crippen LogP contribution is 2.29. The van der Waals surface area contributed by atoms with Gasteiger partial charge in [-0.1, -0.05) is 12.1 Å². The lowest BCUT2D eigenvalue weighted by atomic mass is 10.1. The third-order valence-corrected chi connectivity index (χ3v) is 4.37. The summed E-state index contributed by atoms with van der Waals surface area (Å²) in [5.41, 5.74) is 2.68. The van der Waals surface area contributed by atoms with Crippen LogP contribution in [0, 0.1) is 0 Å². The van der Waals surface area contributed by atoms with Crippen LogP contribution in [0.3, 0.4) is 0 Å². The molecule has 0 aliphatic heterocycles. The Morgan fingerprint density at radius 1 is 1.17 bits per heavy atom. The third-order valence-electron chi connectivity index (χ3n) is 3.75. The van der Waals surface area contributed by atoms with E-state index >= 15 is 0 Å². The molecule has 4 nitrogen and oxygen atoms in total. The molecule has 0 unspecified atom stereocenters. The van der Waals surface area contributed by atoms with E-state index in [0.717, 1.165) is 28.4 Å². The van der Waals surface area contributed by atoms with Crippen LogP contribution in [-0.4, -0.2) is 26.4 Å². The molecule has 24 heavy (non-hydrogen) atoms. The van der Waals surface area contributed by atoms with Crippen LogP contribution >= 0.6 is 11.8 Å². The molecular weight excluding hydrogens is 322 g/mol. The van der Waals surface area contributed by atoms with Gasteiger partial charge in [-0.3, -0.25) is 4.79 Å². The van der Waals surface area contributed by atoms with Crippen molar-refractivity contribution in [2.75, 3.05) is 20.5 Å². The third kappa shape index (κ3) is 4.45. The summed E-state index contributed by atoms with van der Waals surface area (Å²) in [6, 6.07) is 13.1. The molecule has 0 heterocycles. The highest BCUT2D eigenvalue weighted by Gasteiger charge is 2.16. The molecule has 0 radical (unpaired) electrons. The number of carbonyl (C=O) groups excluding carboxylic acids is 1. The fraction of sp³-hybridized carbons (Fsp3) is 0.316. The van der Waals surface area contributed by atoms with Gasteiger partial charge in [-0.25, -0.2) is 0 Å². The molecule has 5 heteroatoms. The summed E-state index contributed by atoms with van der Waals surface area (Å²) < 4.78 is 10.7. The van der Waals surface area contributed by atoms with Gasteiger partial charge in [-0.15, -0.1) is 0 Å². The van der Waals surface area contributed by atoms with Gasteiger partial charge in [0, 0.05) is 16.9 Å². The Morgan fingerprint density at radius 3 is 2.62 bits per heavy atom. The average molecular weight is 345 g/mol. The molecule has 128 valence electrons. The Balaban J connectivity index is 2.18. The Labute approximate surface area is 147 Å². The number of ether oxygens (including phenoxy) is 2. The summed E-state index contributed by atoms with van der Waals surface area (Å²) in [4.78, 5) is 12.5. The van der Waals surface area contributed by atoms with Gasteiger partial charge in [0.2, 0.25) is 0 Å². The van der Waals surface area contributed by atoms with E-state index in [1.54, 1.807) is 26.0 Å². The van der Waals surface area contributed by atoms with Gasteiger partial charge in [0.1, 0.15) is 11.5 Å². The number of methoxy groups -OCH3 is 2. The Bertz CT molecular complexity index is 703. The minimum absolute atomic E-state index is 0.102. The summed E-state index contributed by atoms with van der Waals surface area (Å²) in [5, 5.41) is 3.03. The molecule has 0 saturated carbocycles. The fourth-order valence-electron chi connectivity index (χ4n) is 2.50. The summed E-state index contributed by atoms with van der Waals surface area (Å²) in [6.07, 6.45) is 2.05. The van der Waals surface area contributed by atoms with Crippen LogP contribution in [0.1, 0.15) is 34.5 Å². The summed E-state index contributed by atoms with van der Waals surface area (Å²) in [5.74, 6) is 2.24. The molecule has 0 bridgehead atoms. The second-order valence-electron chi connectivity index (χ2n) is 5.44. The quantitative estimate of drug-likeness (QED) is 0.822. The zero-order valence-electron chi connectivity index (χ0n) is 14.5. The minimum Gasteiger partial charge on any atom is -0.497 e. The van der Waals surface area contributed by atoms with Gasteiger partial charge in [-0.2, -0.15) is 11.8 Å². The summed E-state index contributed by atoms with van der Waals surface area (Å²) in [7, 11) is 3.23. The first kappa shape index (κ1) is 18.2. The van der Waals surface area contributed by atoms with Crippen molar-refractivity contribution in [1.29, 1.82) is 0 Å². The molecule has 0 saturated heterocycles. The summed E-state index contributed by atoms with van der Waals surface area (Å²) in [6.45, 7) is 1.93. The smallest absolute Gasteiger partial charge is 0.251 e. The van der Waals surface area contributed by atoms with Crippen LogP contribution in [-0.2, 0) is 5.75 Å². The highest BCUT2D eigenvalue weighted by molar-refractivity contribution is 7.97. The topological polar surface area (TPSA) is 47.6 Å². The second kappa shape index (κ2) is 8.64. The van der Waals surface area contributed by atoms with Crippen molar-refractivity contribution in [2.45, 2.75) is 18.7 Å². The van der Waals surface area contributed by atoms with Crippen molar-refractivity contribution in [3.8, 4) is 11.5 Å². The maximum absolute atomic E-state index is 12.5. The Morgan fingerprint density at radius 2 is 1.96 bits per heavy atom. The van der Waals surface area contributed by atoms with E-state index in [0.29, 0.717) is 5.56 Å². The van der Waals surface area contributed by atoms with Crippen LogP contribution in [0.25, 0.3) is 0 Å². The largest absolute Gasteiger partial charge is 0.497 e. The number of rotatable bonds is 7. The molecule has 0 spiro atoms. The number of benzene rings is 2. The first-order valence-corrected chi connectivity index (χ1v) is 9.09. The maximum Gasteiger partial charge on any atom is 0.251 e. The minimum atomic E-state index is -0.202. The number of amides is 1. The van der Waals surface area contributed by atoms with Crippen molar-refractivity contribution in [3.63, 3.8) is 0 Å². The van der Waals surface area contributed by atoms with Gasteiger partial charge < -0.3 is 14.8 Å². The van der Waals surface area contributed by atoms with E-state index < -0.39 is 0 Å². The van der Waals surface area contributed by atoms with E-state index in [2.05, 4.69) is 5.32 Å². The highest BCUT2D eigenvalue weighted by atomic mass is 32.2. The first-order chi connectivity index (χ1) is 11.6. The van der Waals surface area contributed by atoms with Gasteiger partial charge >= 0.3 is 0 Å². The molecule has 0 aromatic heterocycles. The van der Waals surface area contributed by atoms with Gasteiger partial charge in [-0.05, 0) is 49.1 Å². The lowest BCUT2D eigenvalue weighted by Crippen LogP contribution is -2.27. The van der Waals surface area contributed by atoms with Crippen LogP contribution < -0.4 is 14.8 Å². The zero-order chi connectivity index (χ0) is 17.5. The normalized spacial score (nSPS) is 11.7. The molecule has 0 aliphatic rings.